The number of hydrogen-bond donors (Lipinski definition) is 0. The fourth-order valence-corrected chi connectivity index (χ4v) is 3.41. The summed E-state index contributed by atoms with van der Waals surface area (Å²) in [6.07, 6.45) is 0. The van der Waals surface area contributed by atoms with Crippen LogP contribution in [-0.4, -0.2) is 20.0 Å². The summed E-state index contributed by atoms with van der Waals surface area (Å²) in [5.41, 5.74) is 1.00. The molecule has 96 valence electrons. The van der Waals surface area contributed by atoms with Gasteiger partial charge in [-0.25, -0.2) is 0 Å². The average Bonchev–Trinajstić information content (AvgIpc) is 2.40. The molecule has 0 bridgehead atoms. The summed E-state index contributed by atoms with van der Waals surface area (Å²) >= 11 is 10.8. The molecule has 0 aliphatic rings. The molecular formula is C14H10Cl2O2Si. The third-order valence-electron chi connectivity index (χ3n) is 2.77. The molecule has 0 radical (unpaired) electrons. The lowest BCUT2D eigenvalue weighted by molar-refractivity contribution is 0.107. The fourth-order valence-electron chi connectivity index (χ4n) is 1.74. The molecule has 2 nitrogen and oxygen atoms in total. The summed E-state index contributed by atoms with van der Waals surface area (Å²) in [5, 5.41) is 1.51. The van der Waals surface area contributed by atoms with Gasteiger partial charge in [-0.3, -0.25) is 9.59 Å². The lowest BCUT2D eigenvalue weighted by Crippen LogP contribution is -2.26. The van der Waals surface area contributed by atoms with Gasteiger partial charge in [0, 0.05) is 11.1 Å². The number of benzene rings is 2. The maximum atomic E-state index is 10.9. The third-order valence-corrected chi connectivity index (χ3v) is 4.97. The van der Waals surface area contributed by atoms with E-state index in [0.717, 1.165) is 0 Å². The van der Waals surface area contributed by atoms with E-state index in [9.17, 15) is 9.59 Å². The molecule has 0 unspecified atom stereocenters. The van der Waals surface area contributed by atoms with Crippen LogP contribution in [0.2, 0.25) is 0 Å². The Balaban J connectivity index is 2.12. The van der Waals surface area contributed by atoms with Crippen LogP contribution in [0.1, 0.15) is 20.7 Å². The van der Waals surface area contributed by atoms with Crippen molar-refractivity contribution < 1.29 is 9.59 Å². The molecule has 0 spiro atoms. The number of rotatable bonds is 4. The molecule has 0 amide bonds. The van der Waals surface area contributed by atoms with E-state index in [1.165, 1.54) is 10.4 Å². The molecule has 0 N–H and O–H groups in total. The van der Waals surface area contributed by atoms with Gasteiger partial charge in [-0.15, -0.1) is 0 Å². The van der Waals surface area contributed by atoms with Crippen LogP contribution in [0.5, 0.6) is 0 Å². The van der Waals surface area contributed by atoms with Gasteiger partial charge in [0.25, 0.3) is 10.5 Å². The van der Waals surface area contributed by atoms with Crippen molar-refractivity contribution in [3.05, 3.63) is 59.7 Å². The summed E-state index contributed by atoms with van der Waals surface area (Å²) in [6.45, 7) is 0. The Labute approximate surface area is 123 Å². The van der Waals surface area contributed by atoms with Gasteiger partial charge in [-0.2, -0.15) is 0 Å². The summed E-state index contributed by atoms with van der Waals surface area (Å²) in [4.78, 5) is 21.9. The van der Waals surface area contributed by atoms with E-state index in [1.807, 2.05) is 24.3 Å². The van der Waals surface area contributed by atoms with Crippen LogP contribution in [0.3, 0.4) is 0 Å². The van der Waals surface area contributed by atoms with Crippen LogP contribution in [0, 0.1) is 0 Å². The number of halogens is 2. The van der Waals surface area contributed by atoms with Gasteiger partial charge in [0.1, 0.15) is 0 Å². The lowest BCUT2D eigenvalue weighted by Gasteiger charge is -2.03. The summed E-state index contributed by atoms with van der Waals surface area (Å²) in [7, 11) is -0.624. The van der Waals surface area contributed by atoms with Crippen LogP contribution in [0.15, 0.2) is 48.5 Å². The number of carbonyl (C=O) groups excluding carboxylic acids is 2. The normalized spacial score (nSPS) is 10.2. The Morgan fingerprint density at radius 3 is 1.26 bits per heavy atom. The van der Waals surface area contributed by atoms with Gasteiger partial charge in [0.2, 0.25) is 0 Å². The van der Waals surface area contributed by atoms with Crippen molar-refractivity contribution in [1.29, 1.82) is 0 Å². The maximum Gasteiger partial charge on any atom is 0.252 e. The van der Waals surface area contributed by atoms with Gasteiger partial charge in [-0.05, 0) is 23.2 Å². The van der Waals surface area contributed by atoms with Crippen molar-refractivity contribution in [1.82, 2.24) is 0 Å². The highest BCUT2D eigenvalue weighted by molar-refractivity contribution is 6.69. The second-order valence-electron chi connectivity index (χ2n) is 4.12. The molecule has 2 aromatic rings. The highest BCUT2D eigenvalue weighted by Gasteiger charge is 2.04. The fraction of sp³-hybridized carbons (Fsp3) is 0. The molecule has 0 atom stereocenters. The van der Waals surface area contributed by atoms with E-state index >= 15 is 0 Å². The first-order chi connectivity index (χ1) is 9.06. The van der Waals surface area contributed by atoms with Crippen molar-refractivity contribution in [2.45, 2.75) is 0 Å². The Morgan fingerprint density at radius 1 is 0.684 bits per heavy atom. The van der Waals surface area contributed by atoms with E-state index in [0.29, 0.717) is 11.1 Å². The highest BCUT2D eigenvalue weighted by atomic mass is 35.5. The zero-order valence-electron chi connectivity index (χ0n) is 9.90. The molecule has 5 heteroatoms. The largest absolute Gasteiger partial charge is 0.276 e. The molecule has 0 heterocycles. The van der Waals surface area contributed by atoms with Gasteiger partial charge < -0.3 is 0 Å². The monoisotopic (exact) mass is 308 g/mol. The summed E-state index contributed by atoms with van der Waals surface area (Å²) in [5.74, 6) is 0. The Hall–Kier alpha value is -1.42. The number of carbonyl (C=O) groups is 2. The SMILES string of the molecule is O=C(Cl)c1ccc([SiH2]c2ccc(C(=O)Cl)cc2)cc1. The first kappa shape index (κ1) is 14.0. The topological polar surface area (TPSA) is 34.1 Å². The average molecular weight is 309 g/mol. The summed E-state index contributed by atoms with van der Waals surface area (Å²) in [6, 6.07) is 14.6. The minimum Gasteiger partial charge on any atom is -0.276 e. The smallest absolute Gasteiger partial charge is 0.252 e. The highest BCUT2D eigenvalue weighted by Crippen LogP contribution is 2.02. The Morgan fingerprint density at radius 2 is 1.00 bits per heavy atom. The molecule has 19 heavy (non-hydrogen) atoms. The standard InChI is InChI=1S/C14H10Cl2O2Si/c15-13(17)9-1-5-11(6-2-9)19-12-7-3-10(4-8-12)14(16)18/h1-8H,19H2. The van der Waals surface area contributed by atoms with Crippen molar-refractivity contribution in [2.75, 3.05) is 0 Å². The minimum absolute atomic E-state index is 0.446. The molecule has 2 aromatic carbocycles. The predicted molar refractivity (Wildman–Crippen MR) is 81.1 cm³/mol. The molecule has 0 aromatic heterocycles. The van der Waals surface area contributed by atoms with Crippen LogP contribution in [0.25, 0.3) is 0 Å². The van der Waals surface area contributed by atoms with Crippen molar-refractivity contribution in [3.63, 3.8) is 0 Å². The van der Waals surface area contributed by atoms with E-state index in [4.69, 9.17) is 23.2 Å². The molecule has 0 saturated heterocycles. The van der Waals surface area contributed by atoms with Crippen LogP contribution >= 0.6 is 23.2 Å². The maximum absolute atomic E-state index is 10.9. The van der Waals surface area contributed by atoms with Gasteiger partial charge in [0.15, 0.2) is 0 Å². The van der Waals surface area contributed by atoms with E-state index < -0.39 is 20.0 Å². The Kier molecular flexibility index (Phi) is 4.53. The molecule has 0 aliphatic carbocycles. The van der Waals surface area contributed by atoms with E-state index in [1.54, 1.807) is 24.3 Å². The molecule has 0 aliphatic heterocycles. The van der Waals surface area contributed by atoms with Gasteiger partial charge >= 0.3 is 0 Å². The van der Waals surface area contributed by atoms with E-state index in [2.05, 4.69) is 0 Å². The van der Waals surface area contributed by atoms with Crippen LogP contribution in [-0.2, 0) is 0 Å². The lowest BCUT2D eigenvalue weighted by atomic mass is 10.2. The molecular weight excluding hydrogens is 299 g/mol. The zero-order chi connectivity index (χ0) is 13.8. The molecule has 0 saturated carbocycles. The second-order valence-corrected chi connectivity index (χ2v) is 6.79. The number of hydrogen-bond acceptors (Lipinski definition) is 2. The molecule has 0 fully saturated rings. The van der Waals surface area contributed by atoms with Gasteiger partial charge in [-0.1, -0.05) is 58.9 Å². The molecule has 2 rings (SSSR count). The minimum atomic E-state index is -0.624. The van der Waals surface area contributed by atoms with Crippen molar-refractivity contribution in [2.24, 2.45) is 0 Å². The quantitative estimate of drug-likeness (QED) is 0.634. The zero-order valence-corrected chi connectivity index (χ0v) is 12.8. The Bertz CT molecular complexity index is 551. The van der Waals surface area contributed by atoms with Crippen LogP contribution < -0.4 is 10.4 Å². The second kappa shape index (κ2) is 6.15. The summed E-state index contributed by atoms with van der Waals surface area (Å²) < 4.78 is 0. The van der Waals surface area contributed by atoms with E-state index in [-0.39, 0.29) is 0 Å². The first-order valence-corrected chi connectivity index (χ1v) is 7.81. The third kappa shape index (κ3) is 3.77. The van der Waals surface area contributed by atoms with Crippen molar-refractivity contribution >= 4 is 53.6 Å². The van der Waals surface area contributed by atoms with Gasteiger partial charge in [0.05, 0.1) is 9.52 Å². The predicted octanol–water partition coefficient (Wildman–Crippen LogP) is 1.56. The van der Waals surface area contributed by atoms with Crippen LogP contribution in [0.4, 0.5) is 0 Å². The first-order valence-electron chi connectivity index (χ1n) is 5.64. The van der Waals surface area contributed by atoms with Crippen molar-refractivity contribution in [3.8, 4) is 0 Å².